The number of halogens is 1. The minimum atomic E-state index is -0.0164. The molecule has 1 aliphatic rings. The number of amides is 1. The van der Waals surface area contributed by atoms with E-state index >= 15 is 0 Å². The van der Waals surface area contributed by atoms with Crippen LogP contribution in [0.15, 0.2) is 34.2 Å². The average Bonchev–Trinajstić information content (AvgIpc) is 2.73. The second-order valence-electron chi connectivity index (χ2n) is 7.24. The van der Waals surface area contributed by atoms with Gasteiger partial charge in [0.25, 0.3) is 0 Å². The lowest BCUT2D eigenvalue weighted by Crippen LogP contribution is -2.40. The lowest BCUT2D eigenvalue weighted by atomic mass is 10.0. The predicted molar refractivity (Wildman–Crippen MR) is 122 cm³/mol. The van der Waals surface area contributed by atoms with Crippen molar-refractivity contribution in [1.29, 1.82) is 0 Å². The van der Waals surface area contributed by atoms with Gasteiger partial charge in [0, 0.05) is 49.5 Å². The molecule has 0 aliphatic carbocycles. The van der Waals surface area contributed by atoms with Crippen LogP contribution in [0.5, 0.6) is 0 Å². The summed E-state index contributed by atoms with van der Waals surface area (Å²) in [7, 11) is 3.48. The maximum Gasteiger partial charge on any atom is 0.243 e. The van der Waals surface area contributed by atoms with Gasteiger partial charge in [-0.2, -0.15) is 0 Å². The van der Waals surface area contributed by atoms with E-state index in [4.69, 9.17) is 16.3 Å². The van der Waals surface area contributed by atoms with Crippen LogP contribution in [-0.4, -0.2) is 69.0 Å². The van der Waals surface area contributed by atoms with E-state index in [9.17, 15) is 4.79 Å². The van der Waals surface area contributed by atoms with E-state index < -0.39 is 0 Å². The molecule has 0 bridgehead atoms. The van der Waals surface area contributed by atoms with Crippen LogP contribution >= 0.6 is 23.4 Å². The summed E-state index contributed by atoms with van der Waals surface area (Å²) in [4.78, 5) is 19.0. The monoisotopic (exact) mass is 440 g/mol. The molecule has 1 aliphatic heterocycles. The van der Waals surface area contributed by atoms with Gasteiger partial charge in [0.1, 0.15) is 6.54 Å². The first-order valence-corrected chi connectivity index (χ1v) is 11.6. The zero-order valence-electron chi connectivity index (χ0n) is 17.5. The van der Waals surface area contributed by atoms with Crippen LogP contribution in [0.1, 0.15) is 32.1 Å². The molecule has 29 heavy (non-hydrogen) atoms. The molecule has 1 atom stereocenters. The summed E-state index contributed by atoms with van der Waals surface area (Å²) in [6.45, 7) is 2.59. The van der Waals surface area contributed by atoms with E-state index in [0.29, 0.717) is 12.1 Å². The maximum absolute atomic E-state index is 11.9. The number of ether oxygens (including phenoxy) is 1. The van der Waals surface area contributed by atoms with E-state index in [1.54, 1.807) is 30.8 Å². The van der Waals surface area contributed by atoms with Crippen LogP contribution in [0.2, 0.25) is 5.02 Å². The van der Waals surface area contributed by atoms with Crippen molar-refractivity contribution in [3.63, 3.8) is 0 Å². The quantitative estimate of drug-likeness (QED) is 0.252. The summed E-state index contributed by atoms with van der Waals surface area (Å²) in [5, 5.41) is 7.42. The Labute approximate surface area is 183 Å². The molecule has 0 saturated carbocycles. The molecule has 1 unspecified atom stereocenters. The standard InChI is InChI=1S/C21H33ClN4O2S/c1-26(2)20(27)16-25-21(23-12-5-7-18-6-3-4-14-28-18)24-13-15-29-19-10-8-17(22)9-11-19/h8-11,18H,3-7,12-16H2,1-2H3,(H2,23,24,25). The lowest BCUT2D eigenvalue weighted by Gasteiger charge is -2.22. The number of hydrogen-bond donors (Lipinski definition) is 2. The third-order valence-corrected chi connectivity index (χ3v) is 5.88. The normalized spacial score (nSPS) is 17.1. The predicted octanol–water partition coefficient (Wildman–Crippen LogP) is 3.40. The molecule has 1 amide bonds. The summed E-state index contributed by atoms with van der Waals surface area (Å²) < 4.78 is 5.78. The Bertz CT molecular complexity index is 634. The molecule has 1 aromatic rings. The first-order chi connectivity index (χ1) is 14.0. The van der Waals surface area contributed by atoms with Crippen molar-refractivity contribution in [2.45, 2.75) is 43.1 Å². The second-order valence-corrected chi connectivity index (χ2v) is 8.84. The van der Waals surface area contributed by atoms with Gasteiger partial charge in [-0.1, -0.05) is 11.6 Å². The smallest absolute Gasteiger partial charge is 0.243 e. The molecule has 0 radical (unpaired) electrons. The summed E-state index contributed by atoms with van der Waals surface area (Å²) in [5.41, 5.74) is 0. The van der Waals surface area contributed by atoms with Crippen molar-refractivity contribution < 1.29 is 9.53 Å². The summed E-state index contributed by atoms with van der Waals surface area (Å²) >= 11 is 7.67. The van der Waals surface area contributed by atoms with E-state index in [1.807, 2.05) is 24.3 Å². The third kappa shape index (κ3) is 10.2. The van der Waals surface area contributed by atoms with Gasteiger partial charge in [0.05, 0.1) is 6.10 Å². The van der Waals surface area contributed by atoms with Crippen molar-refractivity contribution in [2.24, 2.45) is 4.99 Å². The minimum absolute atomic E-state index is 0.0164. The fourth-order valence-corrected chi connectivity index (χ4v) is 3.80. The number of likely N-dealkylation sites (N-methyl/N-ethyl adjacent to an activating group) is 1. The zero-order chi connectivity index (χ0) is 20.9. The first kappa shape index (κ1) is 23.8. The molecule has 1 fully saturated rings. The summed E-state index contributed by atoms with van der Waals surface area (Å²) in [6, 6.07) is 7.83. The average molecular weight is 441 g/mol. The number of carbonyl (C=O) groups excluding carboxylic acids is 1. The second kappa shape index (κ2) is 13.7. The highest BCUT2D eigenvalue weighted by Gasteiger charge is 2.13. The summed E-state index contributed by atoms with van der Waals surface area (Å²) in [6.07, 6.45) is 6.09. The number of aliphatic imine (C=N–C) groups is 1. The van der Waals surface area contributed by atoms with Crippen LogP contribution in [0, 0.1) is 0 Å². The van der Waals surface area contributed by atoms with Crippen molar-refractivity contribution in [2.75, 3.05) is 46.1 Å². The minimum Gasteiger partial charge on any atom is -0.378 e. The molecule has 2 rings (SSSR count). The molecule has 0 aromatic heterocycles. The molecule has 2 N–H and O–H groups in total. The fraction of sp³-hybridized carbons (Fsp3) is 0.619. The number of rotatable bonds is 10. The molecular weight excluding hydrogens is 408 g/mol. The van der Waals surface area contributed by atoms with Gasteiger partial charge in [-0.05, 0) is 56.4 Å². The van der Waals surface area contributed by atoms with Crippen molar-refractivity contribution in [3.05, 3.63) is 29.3 Å². The number of nitrogens with one attached hydrogen (secondary N) is 2. The Morgan fingerprint density at radius 2 is 2.00 bits per heavy atom. The van der Waals surface area contributed by atoms with Gasteiger partial charge < -0.3 is 20.3 Å². The van der Waals surface area contributed by atoms with E-state index in [1.165, 1.54) is 24.2 Å². The molecular formula is C21H33ClN4O2S. The number of thioether (sulfide) groups is 1. The Hall–Kier alpha value is -1.44. The van der Waals surface area contributed by atoms with Gasteiger partial charge in [-0.15, -0.1) is 11.8 Å². The molecule has 8 heteroatoms. The fourth-order valence-electron chi connectivity index (χ4n) is 2.90. The SMILES string of the molecule is CN(C)C(=O)CN=C(NCCCC1CCCCO1)NCCSc1ccc(Cl)cc1. The Kier molecular flexibility index (Phi) is 11.3. The van der Waals surface area contributed by atoms with Crippen LogP contribution in [0.3, 0.4) is 0 Å². The Morgan fingerprint density at radius 1 is 1.24 bits per heavy atom. The van der Waals surface area contributed by atoms with Gasteiger partial charge in [0.15, 0.2) is 5.96 Å². The van der Waals surface area contributed by atoms with E-state index in [2.05, 4.69) is 15.6 Å². The molecule has 162 valence electrons. The topological polar surface area (TPSA) is 66.0 Å². The third-order valence-electron chi connectivity index (χ3n) is 4.62. The highest BCUT2D eigenvalue weighted by Crippen LogP contribution is 2.19. The number of guanidine groups is 1. The lowest BCUT2D eigenvalue weighted by molar-refractivity contribution is -0.127. The van der Waals surface area contributed by atoms with E-state index in [-0.39, 0.29) is 12.5 Å². The molecule has 1 heterocycles. The number of nitrogens with zero attached hydrogens (tertiary/aromatic N) is 2. The number of hydrogen-bond acceptors (Lipinski definition) is 4. The van der Waals surface area contributed by atoms with E-state index in [0.717, 1.165) is 43.3 Å². The van der Waals surface area contributed by atoms with Crippen LogP contribution in [0.4, 0.5) is 0 Å². The van der Waals surface area contributed by atoms with Crippen LogP contribution < -0.4 is 10.6 Å². The first-order valence-electron chi connectivity index (χ1n) is 10.3. The molecule has 1 aromatic carbocycles. The molecule has 6 nitrogen and oxygen atoms in total. The maximum atomic E-state index is 11.9. The molecule has 0 spiro atoms. The van der Waals surface area contributed by atoms with Crippen LogP contribution in [-0.2, 0) is 9.53 Å². The Morgan fingerprint density at radius 3 is 2.69 bits per heavy atom. The van der Waals surface area contributed by atoms with Crippen molar-refractivity contribution >= 4 is 35.2 Å². The van der Waals surface area contributed by atoms with Gasteiger partial charge in [-0.3, -0.25) is 4.79 Å². The largest absolute Gasteiger partial charge is 0.378 e. The van der Waals surface area contributed by atoms with Crippen molar-refractivity contribution in [1.82, 2.24) is 15.5 Å². The Balaban J connectivity index is 1.73. The highest BCUT2D eigenvalue weighted by atomic mass is 35.5. The van der Waals surface area contributed by atoms with Gasteiger partial charge in [-0.25, -0.2) is 4.99 Å². The van der Waals surface area contributed by atoms with Gasteiger partial charge in [0.2, 0.25) is 5.91 Å². The number of carbonyl (C=O) groups is 1. The zero-order valence-corrected chi connectivity index (χ0v) is 19.0. The number of benzene rings is 1. The summed E-state index contributed by atoms with van der Waals surface area (Å²) in [5.74, 6) is 1.55. The van der Waals surface area contributed by atoms with Crippen molar-refractivity contribution in [3.8, 4) is 0 Å². The highest BCUT2D eigenvalue weighted by molar-refractivity contribution is 7.99. The van der Waals surface area contributed by atoms with Gasteiger partial charge >= 0.3 is 0 Å². The molecule has 1 saturated heterocycles. The van der Waals surface area contributed by atoms with Crippen LogP contribution in [0.25, 0.3) is 0 Å².